The molecule has 2 unspecified atom stereocenters. The molecule has 0 aliphatic carbocycles. The Morgan fingerprint density at radius 2 is 2.25 bits per heavy atom. The van der Waals surface area contributed by atoms with Gasteiger partial charge in [0, 0.05) is 19.1 Å². The van der Waals surface area contributed by atoms with Gasteiger partial charge in [0.1, 0.15) is 5.75 Å². The van der Waals surface area contributed by atoms with Crippen LogP contribution < -0.4 is 10.5 Å². The minimum atomic E-state index is 0.0348. The van der Waals surface area contributed by atoms with Crippen molar-refractivity contribution in [1.29, 1.82) is 0 Å². The van der Waals surface area contributed by atoms with E-state index in [4.69, 9.17) is 10.5 Å². The van der Waals surface area contributed by atoms with Gasteiger partial charge in [-0.3, -0.25) is 4.79 Å². The second-order valence-electron chi connectivity index (χ2n) is 5.62. The number of hydrogen-bond donors (Lipinski definition) is 1. The molecule has 1 aliphatic rings. The van der Waals surface area contributed by atoms with Gasteiger partial charge in [0.15, 0.2) is 0 Å². The van der Waals surface area contributed by atoms with E-state index >= 15 is 0 Å². The van der Waals surface area contributed by atoms with Crippen molar-refractivity contribution in [3.63, 3.8) is 0 Å². The summed E-state index contributed by atoms with van der Waals surface area (Å²) in [5.74, 6) is 1.12. The fourth-order valence-electron chi connectivity index (χ4n) is 3.00. The van der Waals surface area contributed by atoms with Crippen LogP contribution in [0.2, 0.25) is 0 Å². The van der Waals surface area contributed by atoms with E-state index in [1.165, 1.54) is 0 Å². The molecule has 0 aromatic heterocycles. The Labute approximate surface area is 120 Å². The summed E-state index contributed by atoms with van der Waals surface area (Å²) in [4.78, 5) is 14.8. The van der Waals surface area contributed by atoms with Crippen molar-refractivity contribution < 1.29 is 9.53 Å². The number of aryl methyl sites for hydroxylation is 1. The molecule has 0 saturated carbocycles. The van der Waals surface area contributed by atoms with Gasteiger partial charge < -0.3 is 15.4 Å². The topological polar surface area (TPSA) is 55.6 Å². The van der Waals surface area contributed by atoms with Crippen LogP contribution in [-0.2, 0) is 0 Å². The molecule has 1 aromatic rings. The van der Waals surface area contributed by atoms with E-state index in [2.05, 4.69) is 6.92 Å². The van der Waals surface area contributed by atoms with E-state index in [9.17, 15) is 4.79 Å². The molecule has 0 radical (unpaired) electrons. The van der Waals surface area contributed by atoms with Gasteiger partial charge in [-0.25, -0.2) is 0 Å². The first-order valence-electron chi connectivity index (χ1n) is 7.24. The Morgan fingerprint density at radius 3 is 2.90 bits per heavy atom. The van der Waals surface area contributed by atoms with Gasteiger partial charge in [-0.05, 0) is 37.8 Å². The zero-order chi connectivity index (χ0) is 14.7. The van der Waals surface area contributed by atoms with Gasteiger partial charge in [-0.15, -0.1) is 0 Å². The second-order valence-corrected chi connectivity index (χ2v) is 5.62. The molecule has 4 heteroatoms. The highest BCUT2D eigenvalue weighted by atomic mass is 16.5. The Morgan fingerprint density at radius 1 is 1.50 bits per heavy atom. The molecule has 1 fully saturated rings. The predicted molar refractivity (Wildman–Crippen MR) is 80.0 cm³/mol. The lowest BCUT2D eigenvalue weighted by Crippen LogP contribution is -2.51. The van der Waals surface area contributed by atoms with Crippen LogP contribution in [0.15, 0.2) is 18.2 Å². The molecule has 4 nitrogen and oxygen atoms in total. The Bertz CT molecular complexity index is 487. The Kier molecular flexibility index (Phi) is 4.65. The van der Waals surface area contributed by atoms with Crippen LogP contribution in [0, 0.1) is 12.8 Å². The normalized spacial score (nSPS) is 22.7. The number of hydrogen-bond acceptors (Lipinski definition) is 3. The van der Waals surface area contributed by atoms with Crippen LogP contribution in [0.4, 0.5) is 0 Å². The lowest BCUT2D eigenvalue weighted by atomic mass is 9.90. The quantitative estimate of drug-likeness (QED) is 0.921. The third-order valence-electron chi connectivity index (χ3n) is 4.20. The molecule has 1 saturated heterocycles. The van der Waals surface area contributed by atoms with E-state index in [-0.39, 0.29) is 11.9 Å². The predicted octanol–water partition coefficient (Wildman–Crippen LogP) is 2.20. The summed E-state index contributed by atoms with van der Waals surface area (Å²) in [6, 6.07) is 5.83. The number of ether oxygens (including phenoxy) is 1. The van der Waals surface area contributed by atoms with Gasteiger partial charge in [-0.1, -0.05) is 18.6 Å². The summed E-state index contributed by atoms with van der Waals surface area (Å²) in [5.41, 5.74) is 7.57. The molecule has 20 heavy (non-hydrogen) atoms. The molecule has 0 bridgehead atoms. The molecule has 2 rings (SSSR count). The second kappa shape index (κ2) is 6.27. The first-order valence-corrected chi connectivity index (χ1v) is 7.24. The maximum absolute atomic E-state index is 12.8. The highest BCUT2D eigenvalue weighted by Crippen LogP contribution is 2.27. The van der Waals surface area contributed by atoms with E-state index in [0.717, 1.165) is 24.9 Å². The fourth-order valence-corrected chi connectivity index (χ4v) is 3.00. The standard InChI is InChI=1S/C16H24N2O2/c1-11-6-7-15(20-3)13(9-11)16(19)18-8-4-5-12(2)14(18)10-17/h6-7,9,12,14H,4-5,8,10,17H2,1-3H3. The van der Waals surface area contributed by atoms with Crippen molar-refractivity contribution in [3.05, 3.63) is 29.3 Å². The number of carbonyl (C=O) groups is 1. The summed E-state index contributed by atoms with van der Waals surface area (Å²) in [5, 5.41) is 0. The van der Waals surface area contributed by atoms with Crippen LogP contribution in [-0.4, -0.2) is 37.0 Å². The molecular weight excluding hydrogens is 252 g/mol. The van der Waals surface area contributed by atoms with Crippen LogP contribution in [0.3, 0.4) is 0 Å². The average molecular weight is 276 g/mol. The fraction of sp³-hybridized carbons (Fsp3) is 0.562. The van der Waals surface area contributed by atoms with Crippen LogP contribution >= 0.6 is 0 Å². The number of benzene rings is 1. The lowest BCUT2D eigenvalue weighted by molar-refractivity contribution is 0.0529. The van der Waals surface area contributed by atoms with E-state index in [1.807, 2.05) is 30.0 Å². The van der Waals surface area contributed by atoms with Crippen molar-refractivity contribution in [2.24, 2.45) is 11.7 Å². The van der Waals surface area contributed by atoms with Gasteiger partial charge in [0.2, 0.25) is 0 Å². The largest absolute Gasteiger partial charge is 0.496 e. The molecule has 0 spiro atoms. The van der Waals surface area contributed by atoms with Crippen molar-refractivity contribution in [2.45, 2.75) is 32.7 Å². The summed E-state index contributed by atoms with van der Waals surface area (Å²) in [6.45, 7) is 5.45. The van der Waals surface area contributed by atoms with Crippen LogP contribution in [0.1, 0.15) is 35.7 Å². The first kappa shape index (κ1) is 14.9. The Balaban J connectivity index is 2.32. The minimum absolute atomic E-state index is 0.0348. The number of likely N-dealkylation sites (tertiary alicyclic amines) is 1. The van der Waals surface area contributed by atoms with Gasteiger partial charge in [0.05, 0.1) is 12.7 Å². The summed E-state index contributed by atoms with van der Waals surface area (Å²) >= 11 is 0. The molecule has 1 amide bonds. The highest BCUT2D eigenvalue weighted by Gasteiger charge is 2.32. The molecule has 2 atom stereocenters. The highest BCUT2D eigenvalue weighted by molar-refractivity contribution is 5.97. The number of methoxy groups -OCH3 is 1. The van der Waals surface area contributed by atoms with Gasteiger partial charge >= 0.3 is 0 Å². The molecule has 110 valence electrons. The van der Waals surface area contributed by atoms with Crippen molar-refractivity contribution in [1.82, 2.24) is 4.90 Å². The Hall–Kier alpha value is -1.55. The molecule has 1 heterocycles. The van der Waals surface area contributed by atoms with Crippen LogP contribution in [0.5, 0.6) is 5.75 Å². The summed E-state index contributed by atoms with van der Waals surface area (Å²) in [7, 11) is 1.60. The molecule has 2 N–H and O–H groups in total. The third kappa shape index (κ3) is 2.80. The van der Waals surface area contributed by atoms with E-state index < -0.39 is 0 Å². The number of carbonyl (C=O) groups excluding carboxylic acids is 1. The average Bonchev–Trinajstić information content (AvgIpc) is 2.46. The number of amides is 1. The van der Waals surface area contributed by atoms with E-state index in [0.29, 0.717) is 23.8 Å². The number of nitrogens with two attached hydrogens (primary N) is 1. The van der Waals surface area contributed by atoms with E-state index in [1.54, 1.807) is 7.11 Å². The van der Waals surface area contributed by atoms with Crippen molar-refractivity contribution in [3.8, 4) is 5.75 Å². The van der Waals surface area contributed by atoms with Gasteiger partial charge in [0.25, 0.3) is 5.91 Å². The third-order valence-corrected chi connectivity index (χ3v) is 4.20. The van der Waals surface area contributed by atoms with Crippen LogP contribution in [0.25, 0.3) is 0 Å². The number of piperidine rings is 1. The first-order chi connectivity index (χ1) is 9.58. The van der Waals surface area contributed by atoms with Crippen molar-refractivity contribution >= 4 is 5.91 Å². The molecule has 1 aromatic carbocycles. The summed E-state index contributed by atoms with van der Waals surface area (Å²) < 4.78 is 5.33. The molecule has 1 aliphatic heterocycles. The SMILES string of the molecule is COc1ccc(C)cc1C(=O)N1CCCC(C)C1CN. The minimum Gasteiger partial charge on any atom is -0.496 e. The maximum atomic E-state index is 12.8. The van der Waals surface area contributed by atoms with Crippen molar-refractivity contribution in [2.75, 3.05) is 20.2 Å². The lowest BCUT2D eigenvalue weighted by Gasteiger charge is -2.39. The smallest absolute Gasteiger partial charge is 0.257 e. The monoisotopic (exact) mass is 276 g/mol. The zero-order valence-electron chi connectivity index (χ0n) is 12.6. The maximum Gasteiger partial charge on any atom is 0.257 e. The zero-order valence-corrected chi connectivity index (χ0v) is 12.6. The molecular formula is C16H24N2O2. The summed E-state index contributed by atoms with van der Waals surface area (Å²) in [6.07, 6.45) is 2.17. The number of nitrogens with zero attached hydrogens (tertiary/aromatic N) is 1. The number of rotatable bonds is 3. The van der Waals surface area contributed by atoms with Gasteiger partial charge in [-0.2, -0.15) is 0 Å².